The molecule has 8 unspecified atom stereocenters. The van der Waals surface area contributed by atoms with E-state index in [1.807, 2.05) is 6.08 Å². The second-order valence-electron chi connectivity index (χ2n) is 9.49. The van der Waals surface area contributed by atoms with Gasteiger partial charge in [-0.1, -0.05) is 103 Å². The van der Waals surface area contributed by atoms with Crippen molar-refractivity contribution in [2.45, 2.75) is 63.6 Å². The summed E-state index contributed by atoms with van der Waals surface area (Å²) in [5.41, 5.74) is 15.6. The van der Waals surface area contributed by atoms with Crippen molar-refractivity contribution >= 4 is 0 Å². The van der Waals surface area contributed by atoms with Crippen molar-refractivity contribution in [3.8, 4) is 0 Å². The van der Waals surface area contributed by atoms with E-state index in [1.165, 1.54) is 11.1 Å². The number of nitrogens with zero attached hydrogens (tertiary/aromatic N) is 1. The standard InChI is InChI=1S/C28H38N4/c1-19-16-17-22(18-24(19)23-11-5-6-12-25(23)29)32(28-15-9-4-10-20(28)2)21(3)31-27-14-8-7-13-26(27)30/h4-17,20-23,25-28,31H,18,29-30H2,1-3H3. The first-order valence-corrected chi connectivity index (χ1v) is 11.9. The molecule has 0 aliphatic heterocycles. The average Bonchev–Trinajstić information content (AvgIpc) is 2.78. The van der Waals surface area contributed by atoms with Gasteiger partial charge in [0.05, 0.1) is 6.17 Å². The lowest BCUT2D eigenvalue weighted by molar-refractivity contribution is 0.0852. The lowest BCUT2D eigenvalue weighted by Gasteiger charge is -2.46. The lowest BCUT2D eigenvalue weighted by Crippen LogP contribution is -2.59. The van der Waals surface area contributed by atoms with E-state index in [2.05, 4.69) is 110 Å². The summed E-state index contributed by atoms with van der Waals surface area (Å²) in [6.07, 6.45) is 31.7. The molecule has 4 aliphatic carbocycles. The maximum absolute atomic E-state index is 6.49. The van der Waals surface area contributed by atoms with Gasteiger partial charge in [-0.25, -0.2) is 0 Å². The SMILES string of the molecule is CC1=C(C2C=CC=CC2N)CC(N(C(C)NC2C=CC=CC2N)C2C=CC=CC2C)C=C1. The van der Waals surface area contributed by atoms with E-state index in [1.54, 1.807) is 0 Å². The van der Waals surface area contributed by atoms with Gasteiger partial charge in [-0.3, -0.25) is 10.2 Å². The van der Waals surface area contributed by atoms with Crippen LogP contribution in [0.15, 0.2) is 96.2 Å². The molecule has 0 radical (unpaired) electrons. The van der Waals surface area contributed by atoms with Crippen LogP contribution in [-0.4, -0.2) is 41.3 Å². The molecule has 0 heterocycles. The fourth-order valence-corrected chi connectivity index (χ4v) is 5.39. The second-order valence-corrected chi connectivity index (χ2v) is 9.49. The Morgan fingerprint density at radius 1 is 0.875 bits per heavy atom. The van der Waals surface area contributed by atoms with Gasteiger partial charge in [-0.2, -0.15) is 0 Å². The molecule has 8 atom stereocenters. The molecule has 4 aliphatic rings. The molecular weight excluding hydrogens is 392 g/mol. The fraction of sp³-hybridized carbons (Fsp3) is 0.429. The third-order valence-corrected chi connectivity index (χ3v) is 7.24. The smallest absolute Gasteiger partial charge is 0.0584 e. The Labute approximate surface area is 193 Å². The van der Waals surface area contributed by atoms with E-state index < -0.39 is 0 Å². The van der Waals surface area contributed by atoms with E-state index >= 15 is 0 Å². The molecule has 0 aromatic carbocycles. The zero-order chi connectivity index (χ0) is 22.7. The lowest BCUT2D eigenvalue weighted by atomic mass is 9.79. The van der Waals surface area contributed by atoms with Gasteiger partial charge in [0.25, 0.3) is 0 Å². The van der Waals surface area contributed by atoms with Gasteiger partial charge in [0.2, 0.25) is 0 Å². The van der Waals surface area contributed by atoms with Crippen LogP contribution >= 0.6 is 0 Å². The molecule has 5 N–H and O–H groups in total. The van der Waals surface area contributed by atoms with Crippen molar-refractivity contribution in [2.24, 2.45) is 23.3 Å². The minimum absolute atomic E-state index is 0.0136. The summed E-state index contributed by atoms with van der Waals surface area (Å²) in [7, 11) is 0. The molecule has 0 saturated carbocycles. The van der Waals surface area contributed by atoms with Crippen molar-refractivity contribution in [1.29, 1.82) is 0 Å². The molecule has 0 amide bonds. The Morgan fingerprint density at radius 3 is 2.25 bits per heavy atom. The van der Waals surface area contributed by atoms with Crippen LogP contribution in [0.4, 0.5) is 0 Å². The number of rotatable bonds is 6. The highest BCUT2D eigenvalue weighted by Gasteiger charge is 2.35. The molecule has 170 valence electrons. The monoisotopic (exact) mass is 430 g/mol. The Bertz CT molecular complexity index is 916. The van der Waals surface area contributed by atoms with Crippen molar-refractivity contribution in [2.75, 3.05) is 0 Å². The van der Waals surface area contributed by atoms with Crippen LogP contribution < -0.4 is 16.8 Å². The van der Waals surface area contributed by atoms with E-state index in [0.29, 0.717) is 12.0 Å². The number of nitrogens with two attached hydrogens (primary N) is 2. The summed E-state index contributed by atoms with van der Waals surface area (Å²) in [6, 6.07) is 0.743. The molecule has 32 heavy (non-hydrogen) atoms. The molecule has 4 heteroatoms. The van der Waals surface area contributed by atoms with Crippen LogP contribution in [0.5, 0.6) is 0 Å². The quantitative estimate of drug-likeness (QED) is 0.559. The zero-order valence-corrected chi connectivity index (χ0v) is 19.5. The van der Waals surface area contributed by atoms with Crippen LogP contribution in [0, 0.1) is 11.8 Å². The molecule has 0 bridgehead atoms. The molecule has 0 aromatic rings. The summed E-state index contributed by atoms with van der Waals surface area (Å²) >= 11 is 0. The highest BCUT2D eigenvalue weighted by atomic mass is 15.3. The zero-order valence-electron chi connectivity index (χ0n) is 19.5. The Balaban J connectivity index is 1.59. The van der Waals surface area contributed by atoms with Crippen LogP contribution in [0.3, 0.4) is 0 Å². The number of allylic oxidation sites excluding steroid dienone is 8. The first-order chi connectivity index (χ1) is 15.5. The maximum Gasteiger partial charge on any atom is 0.0584 e. The molecule has 0 saturated heterocycles. The predicted molar refractivity (Wildman–Crippen MR) is 136 cm³/mol. The van der Waals surface area contributed by atoms with Crippen molar-refractivity contribution in [1.82, 2.24) is 10.2 Å². The largest absolute Gasteiger partial charge is 0.324 e. The minimum Gasteiger partial charge on any atom is -0.324 e. The predicted octanol–water partition coefficient (Wildman–Crippen LogP) is 3.89. The van der Waals surface area contributed by atoms with Crippen molar-refractivity contribution < 1.29 is 0 Å². The average molecular weight is 431 g/mol. The van der Waals surface area contributed by atoms with E-state index in [-0.39, 0.29) is 36.3 Å². The van der Waals surface area contributed by atoms with Gasteiger partial charge < -0.3 is 11.5 Å². The summed E-state index contributed by atoms with van der Waals surface area (Å²) in [4.78, 5) is 2.63. The maximum atomic E-state index is 6.49. The van der Waals surface area contributed by atoms with E-state index in [9.17, 15) is 0 Å². The summed E-state index contributed by atoms with van der Waals surface area (Å²) in [5, 5.41) is 3.80. The van der Waals surface area contributed by atoms with Gasteiger partial charge in [-0.05, 0) is 26.2 Å². The Morgan fingerprint density at radius 2 is 1.53 bits per heavy atom. The molecule has 0 fully saturated rings. The Kier molecular flexibility index (Phi) is 7.27. The van der Waals surface area contributed by atoms with Crippen molar-refractivity contribution in [3.05, 3.63) is 96.2 Å². The molecule has 4 nitrogen and oxygen atoms in total. The van der Waals surface area contributed by atoms with Crippen molar-refractivity contribution in [3.63, 3.8) is 0 Å². The second kappa shape index (κ2) is 10.1. The number of hydrogen-bond donors (Lipinski definition) is 3. The van der Waals surface area contributed by atoms with Gasteiger partial charge >= 0.3 is 0 Å². The van der Waals surface area contributed by atoms with Crippen LogP contribution in [0.1, 0.15) is 27.2 Å². The summed E-state index contributed by atoms with van der Waals surface area (Å²) < 4.78 is 0. The normalized spacial score (nSPS) is 37.0. The van der Waals surface area contributed by atoms with Crippen LogP contribution in [0.25, 0.3) is 0 Å². The van der Waals surface area contributed by atoms with Crippen LogP contribution in [0.2, 0.25) is 0 Å². The fourth-order valence-electron chi connectivity index (χ4n) is 5.39. The molecular formula is C28H38N4. The number of hydrogen-bond acceptors (Lipinski definition) is 4. The Hall–Kier alpha value is -2.24. The molecule has 0 spiro atoms. The first kappa shape index (κ1) is 22.9. The first-order valence-electron chi connectivity index (χ1n) is 11.9. The van der Waals surface area contributed by atoms with E-state index in [4.69, 9.17) is 11.5 Å². The highest BCUT2D eigenvalue weighted by molar-refractivity contribution is 5.38. The third kappa shape index (κ3) is 4.89. The van der Waals surface area contributed by atoms with E-state index in [0.717, 1.165) is 6.42 Å². The van der Waals surface area contributed by atoms with Crippen LogP contribution in [-0.2, 0) is 0 Å². The third-order valence-electron chi connectivity index (χ3n) is 7.24. The summed E-state index contributed by atoms with van der Waals surface area (Å²) in [5.74, 6) is 0.694. The van der Waals surface area contributed by atoms with Gasteiger partial charge in [0, 0.05) is 36.1 Å². The molecule has 4 rings (SSSR count). The van der Waals surface area contributed by atoms with Gasteiger partial charge in [-0.15, -0.1) is 0 Å². The van der Waals surface area contributed by atoms with Gasteiger partial charge in [0.15, 0.2) is 0 Å². The molecule has 0 aromatic heterocycles. The van der Waals surface area contributed by atoms with Gasteiger partial charge in [0.1, 0.15) is 0 Å². The summed E-state index contributed by atoms with van der Waals surface area (Å²) in [6.45, 7) is 6.79. The topological polar surface area (TPSA) is 67.3 Å². The highest BCUT2D eigenvalue weighted by Crippen LogP contribution is 2.35. The number of nitrogens with one attached hydrogen (secondary N) is 1. The minimum atomic E-state index is -0.0136.